The Balaban J connectivity index is 3.37. The van der Waals surface area contributed by atoms with E-state index in [-0.39, 0.29) is 22.7 Å². The fraction of sp³-hybridized carbons (Fsp3) is 0.333. The first-order valence-electron chi connectivity index (χ1n) is 3.84. The lowest BCUT2D eigenvalue weighted by atomic mass is 10.1. The molecule has 0 N–H and O–H groups in total. The number of ether oxygens (including phenoxy) is 1. The van der Waals surface area contributed by atoms with Gasteiger partial charge in [0.05, 0.1) is 30.0 Å². The Bertz CT molecular complexity index is 385. The summed E-state index contributed by atoms with van der Waals surface area (Å²) in [7, 11) is 1.37. The second-order valence-corrected chi connectivity index (χ2v) is 2.62. The largest absolute Gasteiger partial charge is 0.481 e. The molecule has 3 nitrogen and oxygen atoms in total. The topological polar surface area (TPSA) is 45.9 Å². The molecule has 74 valence electrons. The van der Waals surface area contributed by atoms with Crippen LogP contribution in [-0.4, -0.2) is 12.1 Å². The molecule has 0 saturated heterocycles. The highest BCUT2D eigenvalue weighted by Gasteiger charge is 2.18. The second-order valence-electron chi connectivity index (χ2n) is 2.62. The SMILES string of the molecule is COc1cc(C#N)c(C(F)F)c(C)n1. The monoisotopic (exact) mass is 198 g/mol. The van der Waals surface area contributed by atoms with Crippen LogP contribution in [0.15, 0.2) is 6.07 Å². The summed E-state index contributed by atoms with van der Waals surface area (Å²) >= 11 is 0. The summed E-state index contributed by atoms with van der Waals surface area (Å²) < 4.78 is 29.7. The summed E-state index contributed by atoms with van der Waals surface area (Å²) in [6.45, 7) is 1.42. The first kappa shape index (κ1) is 10.4. The molecule has 0 fully saturated rings. The van der Waals surface area contributed by atoms with E-state index in [4.69, 9.17) is 10.00 Å². The van der Waals surface area contributed by atoms with Gasteiger partial charge in [0.2, 0.25) is 5.88 Å². The quantitative estimate of drug-likeness (QED) is 0.731. The van der Waals surface area contributed by atoms with Gasteiger partial charge < -0.3 is 4.74 Å². The first-order valence-corrected chi connectivity index (χ1v) is 3.84. The summed E-state index contributed by atoms with van der Waals surface area (Å²) in [4.78, 5) is 3.77. The molecule has 0 aliphatic heterocycles. The van der Waals surface area contributed by atoms with E-state index in [0.29, 0.717) is 0 Å². The van der Waals surface area contributed by atoms with Crippen molar-refractivity contribution in [1.82, 2.24) is 4.98 Å². The Labute approximate surface area is 79.9 Å². The van der Waals surface area contributed by atoms with E-state index in [9.17, 15) is 8.78 Å². The third-order valence-electron chi connectivity index (χ3n) is 1.77. The van der Waals surface area contributed by atoms with Gasteiger partial charge >= 0.3 is 0 Å². The van der Waals surface area contributed by atoms with Gasteiger partial charge in [0.1, 0.15) is 0 Å². The minimum atomic E-state index is -2.69. The van der Waals surface area contributed by atoms with E-state index in [1.807, 2.05) is 0 Å². The number of halogens is 2. The molecule has 0 unspecified atom stereocenters. The van der Waals surface area contributed by atoms with Gasteiger partial charge in [-0.15, -0.1) is 0 Å². The second kappa shape index (κ2) is 4.01. The van der Waals surface area contributed by atoms with Crippen LogP contribution >= 0.6 is 0 Å². The average Bonchev–Trinajstić information content (AvgIpc) is 2.15. The number of aryl methyl sites for hydroxylation is 1. The third-order valence-corrected chi connectivity index (χ3v) is 1.77. The van der Waals surface area contributed by atoms with Gasteiger partial charge in [-0.3, -0.25) is 0 Å². The summed E-state index contributed by atoms with van der Waals surface area (Å²) in [5, 5.41) is 8.65. The molecule has 0 amide bonds. The zero-order valence-corrected chi connectivity index (χ0v) is 7.71. The molecule has 14 heavy (non-hydrogen) atoms. The lowest BCUT2D eigenvalue weighted by Gasteiger charge is -2.07. The molecule has 0 atom stereocenters. The molecule has 0 radical (unpaired) electrons. The van der Waals surface area contributed by atoms with Crippen molar-refractivity contribution in [2.75, 3.05) is 7.11 Å². The fourth-order valence-electron chi connectivity index (χ4n) is 1.13. The first-order chi connectivity index (χ1) is 6.60. The van der Waals surface area contributed by atoms with Crippen molar-refractivity contribution in [3.05, 3.63) is 22.9 Å². The van der Waals surface area contributed by atoms with Gasteiger partial charge in [-0.05, 0) is 6.92 Å². The lowest BCUT2D eigenvalue weighted by molar-refractivity contribution is 0.149. The highest BCUT2D eigenvalue weighted by molar-refractivity contribution is 5.43. The Morgan fingerprint density at radius 2 is 2.21 bits per heavy atom. The van der Waals surface area contributed by atoms with Gasteiger partial charge in [-0.1, -0.05) is 0 Å². The van der Waals surface area contributed by atoms with Gasteiger partial charge in [-0.25, -0.2) is 13.8 Å². The van der Waals surface area contributed by atoms with Gasteiger partial charge in [-0.2, -0.15) is 5.26 Å². The normalized spacial score (nSPS) is 10.0. The number of nitrogens with zero attached hydrogens (tertiary/aromatic N) is 2. The highest BCUT2D eigenvalue weighted by atomic mass is 19.3. The lowest BCUT2D eigenvalue weighted by Crippen LogP contribution is -2.00. The summed E-state index contributed by atoms with van der Waals surface area (Å²) in [6.07, 6.45) is -2.69. The molecule has 1 aromatic rings. The maximum Gasteiger partial charge on any atom is 0.266 e. The van der Waals surface area contributed by atoms with Gasteiger partial charge in [0.25, 0.3) is 6.43 Å². The molecule has 0 aliphatic rings. The predicted octanol–water partition coefficient (Wildman–Crippen LogP) is 2.21. The van der Waals surface area contributed by atoms with Crippen molar-refractivity contribution in [3.8, 4) is 11.9 Å². The maximum absolute atomic E-state index is 12.5. The number of alkyl halides is 2. The van der Waals surface area contributed by atoms with E-state index in [0.717, 1.165) is 0 Å². The van der Waals surface area contributed by atoms with Crippen LogP contribution in [0.4, 0.5) is 8.78 Å². The summed E-state index contributed by atoms with van der Waals surface area (Å²) in [6, 6.07) is 2.90. The van der Waals surface area contributed by atoms with Crippen LogP contribution < -0.4 is 4.74 Å². The molecule has 0 bridgehead atoms. The molecule has 0 aromatic carbocycles. The van der Waals surface area contributed by atoms with Gasteiger partial charge in [0.15, 0.2) is 0 Å². The summed E-state index contributed by atoms with van der Waals surface area (Å²) in [5.74, 6) is 0.170. The Morgan fingerprint density at radius 3 is 2.64 bits per heavy atom. The molecule has 0 saturated carbocycles. The zero-order chi connectivity index (χ0) is 10.7. The van der Waals surface area contributed by atoms with E-state index < -0.39 is 6.43 Å². The number of hydrogen-bond acceptors (Lipinski definition) is 3. The molecule has 1 rings (SSSR count). The molecular weight excluding hydrogens is 190 g/mol. The van der Waals surface area contributed by atoms with Crippen molar-refractivity contribution in [3.63, 3.8) is 0 Å². The molecule has 5 heteroatoms. The van der Waals surface area contributed by atoms with Crippen LogP contribution in [0.1, 0.15) is 23.2 Å². The number of aromatic nitrogens is 1. The van der Waals surface area contributed by atoms with Crippen LogP contribution in [0.2, 0.25) is 0 Å². The van der Waals surface area contributed by atoms with Crippen molar-refractivity contribution < 1.29 is 13.5 Å². The smallest absolute Gasteiger partial charge is 0.266 e. The number of rotatable bonds is 2. The third kappa shape index (κ3) is 1.79. The minimum absolute atomic E-state index is 0.0932. The van der Waals surface area contributed by atoms with E-state index in [1.165, 1.54) is 20.1 Å². The van der Waals surface area contributed by atoms with E-state index >= 15 is 0 Å². The number of nitriles is 1. The van der Waals surface area contributed by atoms with Crippen molar-refractivity contribution >= 4 is 0 Å². The number of hydrogen-bond donors (Lipinski definition) is 0. The highest BCUT2D eigenvalue weighted by Crippen LogP contribution is 2.27. The Hall–Kier alpha value is -1.70. The zero-order valence-electron chi connectivity index (χ0n) is 7.71. The average molecular weight is 198 g/mol. The molecule has 1 heterocycles. The van der Waals surface area contributed by atoms with E-state index in [2.05, 4.69) is 4.98 Å². The van der Waals surface area contributed by atoms with Crippen LogP contribution in [0.5, 0.6) is 5.88 Å². The molecule has 0 spiro atoms. The van der Waals surface area contributed by atoms with Crippen LogP contribution in [-0.2, 0) is 0 Å². The van der Waals surface area contributed by atoms with E-state index in [1.54, 1.807) is 6.07 Å². The predicted molar refractivity (Wildman–Crippen MR) is 45.2 cm³/mol. The molecule has 0 aliphatic carbocycles. The minimum Gasteiger partial charge on any atom is -0.481 e. The fourth-order valence-corrected chi connectivity index (χ4v) is 1.13. The Kier molecular flexibility index (Phi) is 2.97. The number of methoxy groups -OCH3 is 1. The van der Waals surface area contributed by atoms with Crippen molar-refractivity contribution in [2.24, 2.45) is 0 Å². The van der Waals surface area contributed by atoms with Crippen molar-refractivity contribution in [1.29, 1.82) is 5.26 Å². The van der Waals surface area contributed by atoms with Crippen LogP contribution in [0, 0.1) is 18.3 Å². The standard InChI is InChI=1S/C9H8F2N2O/c1-5-8(9(10)11)6(4-12)3-7(13-5)14-2/h3,9H,1-2H3. The molecular formula is C9H8F2N2O. The Morgan fingerprint density at radius 1 is 1.57 bits per heavy atom. The molecule has 1 aromatic heterocycles. The van der Waals surface area contributed by atoms with Crippen LogP contribution in [0.25, 0.3) is 0 Å². The van der Waals surface area contributed by atoms with Crippen molar-refractivity contribution in [2.45, 2.75) is 13.3 Å². The maximum atomic E-state index is 12.5. The number of pyridine rings is 1. The van der Waals surface area contributed by atoms with Crippen LogP contribution in [0.3, 0.4) is 0 Å². The summed E-state index contributed by atoms with van der Waals surface area (Å²) in [5.41, 5.74) is -0.298. The van der Waals surface area contributed by atoms with Gasteiger partial charge in [0, 0.05) is 6.07 Å².